The van der Waals surface area contributed by atoms with Crippen LogP contribution in [-0.2, 0) is 13.3 Å². The number of unbranched alkanes of at least 4 members (excludes halogenated alkanes) is 9. The molecule has 0 saturated carbocycles. The van der Waals surface area contributed by atoms with Crippen molar-refractivity contribution in [1.82, 2.24) is 0 Å². The standard InChI is InChI=1S/C21H47NO3Si/c1-4-7-10-13-18-23-26(21-16-17-22,24-19-14-11-8-5-2)25-20-15-12-9-6-3/h4-22H2,1-3H3. The molecule has 158 valence electrons. The number of rotatable bonds is 21. The van der Waals surface area contributed by atoms with Crippen LogP contribution in [-0.4, -0.2) is 35.2 Å². The minimum absolute atomic E-state index is 0.673. The second-order valence-electron chi connectivity index (χ2n) is 7.30. The van der Waals surface area contributed by atoms with E-state index in [-0.39, 0.29) is 0 Å². The molecule has 0 saturated heterocycles. The zero-order valence-corrected chi connectivity index (χ0v) is 19.0. The number of nitrogens with two attached hydrogens (primary N) is 1. The summed E-state index contributed by atoms with van der Waals surface area (Å²) in [6.07, 6.45) is 15.5. The van der Waals surface area contributed by atoms with Crippen molar-refractivity contribution in [2.45, 2.75) is 110 Å². The van der Waals surface area contributed by atoms with Crippen molar-refractivity contribution in [3.63, 3.8) is 0 Å². The Morgan fingerprint density at radius 1 is 0.538 bits per heavy atom. The summed E-state index contributed by atoms with van der Waals surface area (Å²) >= 11 is 0. The Kier molecular flexibility index (Phi) is 19.9. The minimum Gasteiger partial charge on any atom is -0.373 e. The topological polar surface area (TPSA) is 53.7 Å². The largest absolute Gasteiger partial charge is 0.501 e. The maximum Gasteiger partial charge on any atom is 0.501 e. The molecule has 2 N–H and O–H groups in total. The highest BCUT2D eigenvalue weighted by Crippen LogP contribution is 2.20. The first-order chi connectivity index (χ1) is 12.7. The molecule has 0 bridgehead atoms. The molecule has 4 nitrogen and oxygen atoms in total. The van der Waals surface area contributed by atoms with Crippen LogP contribution in [0.5, 0.6) is 0 Å². The monoisotopic (exact) mass is 389 g/mol. The molecule has 0 heterocycles. The highest BCUT2D eigenvalue weighted by Gasteiger charge is 2.40. The van der Waals surface area contributed by atoms with Gasteiger partial charge in [0.1, 0.15) is 0 Å². The third-order valence-corrected chi connectivity index (χ3v) is 7.54. The molecule has 0 aromatic carbocycles. The lowest BCUT2D eigenvalue weighted by molar-refractivity contribution is 0.0549. The Bertz CT molecular complexity index is 244. The lowest BCUT2D eigenvalue weighted by Gasteiger charge is -2.30. The average Bonchev–Trinajstić information content (AvgIpc) is 2.65. The van der Waals surface area contributed by atoms with Crippen LogP contribution in [0.2, 0.25) is 6.04 Å². The molecular formula is C21H47NO3Si. The quantitative estimate of drug-likeness (QED) is 0.191. The molecule has 0 aliphatic carbocycles. The Balaban J connectivity index is 4.52. The first-order valence-corrected chi connectivity index (χ1v) is 13.3. The van der Waals surface area contributed by atoms with Gasteiger partial charge in [-0.1, -0.05) is 78.6 Å². The molecule has 0 radical (unpaired) electrons. The van der Waals surface area contributed by atoms with Gasteiger partial charge in [0.25, 0.3) is 0 Å². The van der Waals surface area contributed by atoms with E-state index in [4.69, 9.17) is 19.0 Å². The Morgan fingerprint density at radius 2 is 0.923 bits per heavy atom. The maximum absolute atomic E-state index is 6.33. The second-order valence-corrected chi connectivity index (χ2v) is 10.0. The summed E-state index contributed by atoms with van der Waals surface area (Å²) in [5.41, 5.74) is 5.77. The lowest BCUT2D eigenvalue weighted by atomic mass is 10.2. The van der Waals surface area contributed by atoms with Crippen LogP contribution >= 0.6 is 0 Å². The van der Waals surface area contributed by atoms with Crippen LogP contribution in [0, 0.1) is 0 Å². The normalized spacial score (nSPS) is 12.0. The first kappa shape index (κ1) is 26.1. The van der Waals surface area contributed by atoms with Gasteiger partial charge in [0.15, 0.2) is 0 Å². The van der Waals surface area contributed by atoms with Crippen molar-refractivity contribution >= 4 is 8.80 Å². The molecule has 0 fully saturated rings. The van der Waals surface area contributed by atoms with Crippen LogP contribution in [0.15, 0.2) is 0 Å². The van der Waals surface area contributed by atoms with Crippen molar-refractivity contribution in [1.29, 1.82) is 0 Å². The van der Waals surface area contributed by atoms with E-state index in [0.717, 1.165) is 51.5 Å². The van der Waals surface area contributed by atoms with E-state index in [1.54, 1.807) is 0 Å². The molecule has 0 aromatic rings. The summed E-state index contributed by atoms with van der Waals surface area (Å²) in [5, 5.41) is 0. The summed E-state index contributed by atoms with van der Waals surface area (Å²) in [5.74, 6) is 0. The summed E-state index contributed by atoms with van der Waals surface area (Å²) in [6, 6.07) is 0.860. The van der Waals surface area contributed by atoms with Gasteiger partial charge in [0.2, 0.25) is 0 Å². The van der Waals surface area contributed by atoms with Gasteiger partial charge in [-0.3, -0.25) is 0 Å². The SMILES string of the molecule is CCCCCCO[Si](CCCN)(OCCCCCC)OCCCCCC. The highest BCUT2D eigenvalue weighted by atomic mass is 28.4. The first-order valence-electron chi connectivity index (χ1n) is 11.4. The Labute approximate surface area is 164 Å². The van der Waals surface area contributed by atoms with Gasteiger partial charge in [-0.2, -0.15) is 0 Å². The summed E-state index contributed by atoms with van der Waals surface area (Å²) < 4.78 is 19.0. The Hall–Kier alpha value is 0.0569. The summed E-state index contributed by atoms with van der Waals surface area (Å²) in [4.78, 5) is 0. The predicted molar refractivity (Wildman–Crippen MR) is 115 cm³/mol. The highest BCUT2D eigenvalue weighted by molar-refractivity contribution is 6.60. The fourth-order valence-corrected chi connectivity index (χ4v) is 5.62. The van der Waals surface area contributed by atoms with E-state index in [2.05, 4.69) is 20.8 Å². The van der Waals surface area contributed by atoms with Gasteiger partial charge in [0.05, 0.1) is 0 Å². The number of hydrogen-bond donors (Lipinski definition) is 1. The van der Waals surface area contributed by atoms with Crippen molar-refractivity contribution in [3.05, 3.63) is 0 Å². The molecule has 0 aliphatic heterocycles. The van der Waals surface area contributed by atoms with Crippen LogP contribution in [0.25, 0.3) is 0 Å². The van der Waals surface area contributed by atoms with Gasteiger partial charge in [-0.15, -0.1) is 0 Å². The van der Waals surface area contributed by atoms with Gasteiger partial charge in [-0.25, -0.2) is 0 Å². The molecule has 0 aliphatic rings. The van der Waals surface area contributed by atoms with E-state index < -0.39 is 8.80 Å². The third-order valence-electron chi connectivity index (χ3n) is 4.65. The number of hydrogen-bond acceptors (Lipinski definition) is 4. The third kappa shape index (κ3) is 15.1. The predicted octanol–water partition coefficient (Wildman–Crippen LogP) is 6.06. The summed E-state index contributed by atoms with van der Waals surface area (Å²) in [7, 11) is -2.58. The molecule has 0 unspecified atom stereocenters. The molecular weight excluding hydrogens is 342 g/mol. The molecule has 0 rings (SSSR count). The molecule has 0 amide bonds. The fraction of sp³-hybridized carbons (Fsp3) is 1.00. The van der Waals surface area contributed by atoms with Gasteiger partial charge in [-0.05, 0) is 32.2 Å². The van der Waals surface area contributed by atoms with E-state index >= 15 is 0 Å². The van der Waals surface area contributed by atoms with E-state index in [0.29, 0.717) is 6.54 Å². The van der Waals surface area contributed by atoms with Crippen LogP contribution < -0.4 is 5.73 Å². The van der Waals surface area contributed by atoms with Gasteiger partial charge in [0, 0.05) is 25.9 Å². The minimum atomic E-state index is -2.58. The fourth-order valence-electron chi connectivity index (χ4n) is 2.93. The zero-order chi connectivity index (χ0) is 19.3. The van der Waals surface area contributed by atoms with Crippen LogP contribution in [0.4, 0.5) is 0 Å². The molecule has 26 heavy (non-hydrogen) atoms. The van der Waals surface area contributed by atoms with Crippen LogP contribution in [0.1, 0.15) is 104 Å². The lowest BCUT2D eigenvalue weighted by Crippen LogP contribution is -2.47. The summed E-state index contributed by atoms with van der Waals surface area (Å²) in [6.45, 7) is 9.68. The molecule has 5 heteroatoms. The van der Waals surface area contributed by atoms with E-state index in [9.17, 15) is 0 Å². The van der Waals surface area contributed by atoms with Crippen LogP contribution in [0.3, 0.4) is 0 Å². The van der Waals surface area contributed by atoms with Gasteiger partial charge >= 0.3 is 8.80 Å². The smallest absolute Gasteiger partial charge is 0.373 e. The van der Waals surface area contributed by atoms with Crippen molar-refractivity contribution < 1.29 is 13.3 Å². The van der Waals surface area contributed by atoms with E-state index in [1.807, 2.05) is 0 Å². The van der Waals surface area contributed by atoms with Crippen molar-refractivity contribution in [2.75, 3.05) is 26.4 Å². The van der Waals surface area contributed by atoms with Crippen molar-refractivity contribution in [3.8, 4) is 0 Å². The molecule has 0 spiro atoms. The zero-order valence-electron chi connectivity index (χ0n) is 18.0. The Morgan fingerprint density at radius 3 is 1.23 bits per heavy atom. The van der Waals surface area contributed by atoms with Gasteiger partial charge < -0.3 is 19.0 Å². The maximum atomic E-state index is 6.33. The second kappa shape index (κ2) is 19.8. The molecule has 0 atom stereocenters. The molecule has 0 aromatic heterocycles. The average molecular weight is 390 g/mol. The van der Waals surface area contributed by atoms with E-state index in [1.165, 1.54) is 57.8 Å². The van der Waals surface area contributed by atoms with Crippen molar-refractivity contribution in [2.24, 2.45) is 5.73 Å².